The minimum absolute atomic E-state index is 0.00420. The highest BCUT2D eigenvalue weighted by Gasteiger charge is 2.62. The summed E-state index contributed by atoms with van der Waals surface area (Å²) in [5.74, 6) is -1.94. The lowest BCUT2D eigenvalue weighted by Crippen LogP contribution is -2.58. The number of allylic oxidation sites excluding steroid dienone is 1. The van der Waals surface area contributed by atoms with Crippen molar-refractivity contribution in [1.82, 2.24) is 30.2 Å². The van der Waals surface area contributed by atoms with Crippen LogP contribution in [0.4, 0.5) is 4.79 Å². The van der Waals surface area contributed by atoms with Gasteiger partial charge in [-0.1, -0.05) is 43.2 Å². The number of nitrogens with zero attached hydrogens (tertiary/aromatic N) is 3. The van der Waals surface area contributed by atoms with Crippen LogP contribution < -0.4 is 20.1 Å². The molecule has 1 aromatic carbocycles. The Balaban J connectivity index is 1.09. The van der Waals surface area contributed by atoms with Gasteiger partial charge in [-0.3, -0.25) is 19.1 Å². The zero-order chi connectivity index (χ0) is 39.6. The number of para-hydroxylation sites is 2. The largest absolute Gasteiger partial charge is 0.471 e. The molecule has 4 amide bonds. The minimum Gasteiger partial charge on any atom is -0.471 e. The summed E-state index contributed by atoms with van der Waals surface area (Å²) in [7, 11) is -3.89. The smallest absolute Gasteiger partial charge is 0.408 e. The topological polar surface area (TPSA) is 186 Å². The second-order valence-electron chi connectivity index (χ2n) is 16.0. The Morgan fingerprint density at radius 2 is 1.70 bits per heavy atom. The summed E-state index contributed by atoms with van der Waals surface area (Å²) < 4.78 is 40.4. The van der Waals surface area contributed by atoms with Gasteiger partial charge in [-0.15, -0.1) is 11.3 Å². The summed E-state index contributed by atoms with van der Waals surface area (Å²) in [6.45, 7) is 0.00420. The van der Waals surface area contributed by atoms with E-state index >= 15 is 0 Å². The van der Waals surface area contributed by atoms with E-state index in [4.69, 9.17) is 19.4 Å². The molecule has 1 saturated heterocycles. The number of fused-ring (bicyclic) bond motifs is 3. The number of hydrogen-bond acceptors (Lipinski definition) is 11. The summed E-state index contributed by atoms with van der Waals surface area (Å²) >= 11 is 1.66. The van der Waals surface area contributed by atoms with Gasteiger partial charge in [-0.2, -0.15) is 0 Å². The van der Waals surface area contributed by atoms with Gasteiger partial charge < -0.3 is 25.0 Å². The number of amides is 4. The Hall–Kier alpha value is -4.57. The van der Waals surface area contributed by atoms with Gasteiger partial charge >= 0.3 is 6.09 Å². The van der Waals surface area contributed by atoms with E-state index in [1.165, 1.54) is 9.78 Å². The van der Waals surface area contributed by atoms with Crippen molar-refractivity contribution in [3.8, 4) is 5.88 Å². The van der Waals surface area contributed by atoms with Gasteiger partial charge in [0.15, 0.2) is 0 Å². The van der Waals surface area contributed by atoms with Crippen molar-refractivity contribution in [2.45, 2.75) is 131 Å². The van der Waals surface area contributed by atoms with E-state index in [0.717, 1.165) is 50.5 Å². The molecule has 5 atom stereocenters. The molecule has 16 heteroatoms. The first-order valence-electron chi connectivity index (χ1n) is 20.3. The summed E-state index contributed by atoms with van der Waals surface area (Å²) in [5.41, 5.74) is 0.515. The first kappa shape index (κ1) is 39.3. The highest BCUT2D eigenvalue weighted by molar-refractivity contribution is 7.91. The van der Waals surface area contributed by atoms with Crippen molar-refractivity contribution in [2.24, 2.45) is 5.92 Å². The molecule has 0 radical (unpaired) electrons. The number of aromatic nitrogens is 2. The van der Waals surface area contributed by atoms with Crippen molar-refractivity contribution in [3.63, 3.8) is 0 Å². The standard InChI is InChI=1S/C41H50N6O8S2/c48-36-35-23-28(54-37-33(21-18-29-14-10-22-56-29)42-31-15-8-9-16-32(31)43-37)25-47(35)38(49)34(44-40(51)55-27-12-6-7-13-27)17-5-3-1-2-4-11-26-24-41(26,45-36)39(50)46-57(52,53)30-19-20-30/h4,8-11,14-16,22,26-28,30,34-35H,1-3,5-7,12-13,17-21,23-25H2,(H,44,51)(H,45,48)(H,46,50)/b11-4-/t26?,28-,34-,35+,41-/m1/s1. The molecule has 2 aliphatic heterocycles. The molecule has 4 heterocycles. The number of alkyl carbamates (subject to hydrolysis) is 1. The van der Waals surface area contributed by atoms with E-state index in [1.807, 2.05) is 47.9 Å². The molecule has 3 saturated carbocycles. The molecular weight excluding hydrogens is 769 g/mol. The zero-order valence-electron chi connectivity index (χ0n) is 31.9. The number of thiophene rings is 1. The molecule has 1 unspecified atom stereocenters. The average molecular weight is 819 g/mol. The third-order valence-corrected chi connectivity index (χ3v) is 14.5. The monoisotopic (exact) mass is 818 g/mol. The van der Waals surface area contributed by atoms with Crippen molar-refractivity contribution in [2.75, 3.05) is 6.54 Å². The first-order chi connectivity index (χ1) is 27.6. The second-order valence-corrected chi connectivity index (χ2v) is 19.0. The number of hydrogen-bond donors (Lipinski definition) is 3. The Morgan fingerprint density at radius 3 is 2.46 bits per heavy atom. The lowest BCUT2D eigenvalue weighted by molar-refractivity contribution is -0.141. The van der Waals surface area contributed by atoms with Crippen molar-refractivity contribution in [3.05, 3.63) is 64.5 Å². The molecule has 304 valence electrons. The summed E-state index contributed by atoms with van der Waals surface area (Å²) in [4.78, 5) is 68.5. The molecule has 3 aromatic rings. The fourth-order valence-electron chi connectivity index (χ4n) is 8.31. The van der Waals surface area contributed by atoms with Crippen LogP contribution in [0.5, 0.6) is 5.88 Å². The van der Waals surface area contributed by atoms with E-state index in [2.05, 4.69) is 21.4 Å². The molecular formula is C41H50N6O8S2. The Bertz CT molecular complexity index is 2120. The van der Waals surface area contributed by atoms with Gasteiger partial charge in [0.05, 0.1) is 22.8 Å². The van der Waals surface area contributed by atoms with E-state index < -0.39 is 68.7 Å². The van der Waals surface area contributed by atoms with E-state index in [1.54, 1.807) is 11.3 Å². The summed E-state index contributed by atoms with van der Waals surface area (Å²) in [6.07, 6.45) is 11.6. The van der Waals surface area contributed by atoms with Gasteiger partial charge in [0.2, 0.25) is 27.7 Å². The fraction of sp³-hybridized carbons (Fsp3) is 0.561. The molecule has 2 aromatic heterocycles. The van der Waals surface area contributed by atoms with Gasteiger partial charge in [0.1, 0.15) is 35.5 Å². The second kappa shape index (κ2) is 16.7. The van der Waals surface area contributed by atoms with Crippen LogP contribution in [0.3, 0.4) is 0 Å². The Labute approximate surface area is 336 Å². The minimum atomic E-state index is -3.89. The van der Waals surface area contributed by atoms with Crippen LogP contribution in [0.2, 0.25) is 0 Å². The van der Waals surface area contributed by atoms with Gasteiger partial charge in [0.25, 0.3) is 5.91 Å². The van der Waals surface area contributed by atoms with Crippen LogP contribution in [0.25, 0.3) is 11.0 Å². The molecule has 8 rings (SSSR count). The predicted molar refractivity (Wildman–Crippen MR) is 213 cm³/mol. The Kier molecular flexibility index (Phi) is 11.5. The maximum Gasteiger partial charge on any atom is 0.408 e. The number of carbonyl (C=O) groups excluding carboxylic acids is 4. The van der Waals surface area contributed by atoms with Crippen LogP contribution in [0, 0.1) is 5.92 Å². The third-order valence-electron chi connectivity index (χ3n) is 11.8. The molecule has 14 nitrogen and oxygen atoms in total. The lowest BCUT2D eigenvalue weighted by atomic mass is 10.0. The molecule has 5 aliphatic rings. The van der Waals surface area contributed by atoms with Crippen molar-refractivity contribution in [1.29, 1.82) is 0 Å². The number of ether oxygens (including phenoxy) is 2. The number of carbonyl (C=O) groups is 4. The van der Waals surface area contributed by atoms with Crippen LogP contribution in [0.1, 0.15) is 94.0 Å². The van der Waals surface area contributed by atoms with E-state index in [9.17, 15) is 27.6 Å². The molecule has 0 bridgehead atoms. The Morgan fingerprint density at radius 1 is 0.930 bits per heavy atom. The quantitative estimate of drug-likeness (QED) is 0.239. The first-order valence-corrected chi connectivity index (χ1v) is 22.8. The van der Waals surface area contributed by atoms with Crippen molar-refractivity contribution >= 4 is 56.2 Å². The highest BCUT2D eigenvalue weighted by Crippen LogP contribution is 2.46. The lowest BCUT2D eigenvalue weighted by Gasteiger charge is -2.30. The third kappa shape index (κ3) is 9.11. The van der Waals surface area contributed by atoms with E-state index in [-0.39, 0.29) is 25.5 Å². The van der Waals surface area contributed by atoms with Gasteiger partial charge in [-0.05, 0) is 101 Å². The predicted octanol–water partition coefficient (Wildman–Crippen LogP) is 4.87. The summed E-state index contributed by atoms with van der Waals surface area (Å²) in [6, 6.07) is 9.51. The summed E-state index contributed by atoms with van der Waals surface area (Å²) in [5, 5.41) is 7.15. The number of benzene rings is 1. The zero-order valence-corrected chi connectivity index (χ0v) is 33.5. The maximum atomic E-state index is 14.7. The number of aryl methyl sites for hydroxylation is 2. The molecule has 4 fully saturated rings. The molecule has 3 N–H and O–H groups in total. The molecule has 3 aliphatic carbocycles. The molecule has 0 spiro atoms. The van der Waals surface area contributed by atoms with Crippen LogP contribution >= 0.6 is 11.3 Å². The average Bonchev–Trinajstić information content (AvgIpc) is 3.94. The van der Waals surface area contributed by atoms with Crippen molar-refractivity contribution < 1.29 is 37.1 Å². The van der Waals surface area contributed by atoms with E-state index in [0.29, 0.717) is 55.6 Å². The number of nitrogens with one attached hydrogen (secondary N) is 3. The highest BCUT2D eigenvalue weighted by atomic mass is 32.2. The van der Waals surface area contributed by atoms with Crippen LogP contribution in [-0.2, 0) is 42.0 Å². The van der Waals surface area contributed by atoms with Crippen LogP contribution in [0.15, 0.2) is 53.9 Å². The number of sulfonamides is 1. The normalized spacial score (nSPS) is 27.7. The van der Waals surface area contributed by atoms with Crippen LogP contribution in [-0.4, -0.2) is 88.7 Å². The maximum absolute atomic E-state index is 14.7. The molecule has 57 heavy (non-hydrogen) atoms. The van der Waals surface area contributed by atoms with Gasteiger partial charge in [0, 0.05) is 17.2 Å². The van der Waals surface area contributed by atoms with Gasteiger partial charge in [-0.25, -0.2) is 23.2 Å². The fourth-order valence-corrected chi connectivity index (χ4v) is 10.4. The SMILES string of the molecule is O=C(N[C@@H]1CCCCC/C=C\C2C[C@@]2(C(=O)NS(=O)(=O)C2CC2)NC(=O)[C@@H]2C[C@@H](Oc3nc4ccccc4nc3CCc3cccs3)CN2C1=O)OC1CCCC1. The number of rotatable bonds is 10.